The minimum Gasteiger partial charge on any atom is -0.477 e. The van der Waals surface area contributed by atoms with Crippen LogP contribution >= 0.6 is 0 Å². The average molecular weight is 414 g/mol. The van der Waals surface area contributed by atoms with Gasteiger partial charge in [-0.1, -0.05) is 60.7 Å². The number of hydrogen-bond acceptors (Lipinski definition) is 4. The van der Waals surface area contributed by atoms with E-state index >= 15 is 0 Å². The number of aromatic nitrogens is 1. The molecule has 7 nitrogen and oxygen atoms in total. The molecular formula is C24H18N2O5. The fourth-order valence-corrected chi connectivity index (χ4v) is 3.44. The number of aliphatic hydroxyl groups is 1. The second-order valence-corrected chi connectivity index (χ2v) is 6.89. The topological polar surface area (TPSA) is 109 Å². The molecule has 4 rings (SSSR count). The van der Waals surface area contributed by atoms with E-state index in [1.54, 1.807) is 66.7 Å². The fourth-order valence-electron chi connectivity index (χ4n) is 3.44. The van der Waals surface area contributed by atoms with Gasteiger partial charge in [0.25, 0.3) is 0 Å². The highest BCUT2D eigenvalue weighted by atomic mass is 16.4. The van der Waals surface area contributed by atoms with Crippen molar-refractivity contribution in [3.05, 3.63) is 112 Å². The molecule has 0 aliphatic rings. The van der Waals surface area contributed by atoms with E-state index in [-0.39, 0.29) is 10.9 Å². The highest BCUT2D eigenvalue weighted by Gasteiger charge is 2.20. The van der Waals surface area contributed by atoms with E-state index in [2.05, 4.69) is 5.32 Å². The SMILES string of the molecule is O=C(O)c1cn(C(=O)Nc2ccccc2C(O)c2ccccc2)c2ccccc2c1=O. The Kier molecular flexibility index (Phi) is 5.34. The molecule has 0 radical (unpaired) electrons. The van der Waals surface area contributed by atoms with E-state index in [0.29, 0.717) is 16.8 Å². The molecule has 3 N–H and O–H groups in total. The summed E-state index contributed by atoms with van der Waals surface area (Å²) in [7, 11) is 0. The number of carboxylic acids is 1. The first-order valence-corrected chi connectivity index (χ1v) is 9.48. The standard InChI is InChI=1S/C24H18N2O5/c27-21(15-8-2-1-3-9-15)16-10-4-6-12-19(16)25-24(31)26-14-18(23(29)30)22(28)17-11-5-7-13-20(17)26/h1-14,21,27H,(H,25,31)(H,29,30). The van der Waals surface area contributed by atoms with Crippen molar-refractivity contribution in [2.75, 3.05) is 5.32 Å². The molecule has 4 aromatic rings. The summed E-state index contributed by atoms with van der Waals surface area (Å²) in [5.74, 6) is -1.42. The maximum Gasteiger partial charge on any atom is 0.341 e. The molecule has 0 bridgehead atoms. The Labute approximate surface area is 176 Å². The van der Waals surface area contributed by atoms with Gasteiger partial charge >= 0.3 is 12.0 Å². The minimum absolute atomic E-state index is 0.121. The summed E-state index contributed by atoms with van der Waals surface area (Å²) in [6, 6.07) is 21.4. The van der Waals surface area contributed by atoms with Crippen LogP contribution in [0.1, 0.15) is 27.6 Å². The van der Waals surface area contributed by atoms with Crippen LogP contribution in [0, 0.1) is 0 Å². The van der Waals surface area contributed by atoms with Crippen molar-refractivity contribution in [3.63, 3.8) is 0 Å². The molecule has 3 aromatic carbocycles. The third kappa shape index (κ3) is 3.82. The highest BCUT2D eigenvalue weighted by molar-refractivity contribution is 6.01. The number of aromatic carboxylic acids is 1. The van der Waals surface area contributed by atoms with Crippen molar-refractivity contribution < 1.29 is 19.8 Å². The van der Waals surface area contributed by atoms with Gasteiger partial charge in [-0.15, -0.1) is 0 Å². The van der Waals surface area contributed by atoms with Gasteiger partial charge in [-0.2, -0.15) is 0 Å². The molecule has 1 heterocycles. The summed E-state index contributed by atoms with van der Waals surface area (Å²) in [5, 5.41) is 23.0. The Balaban J connectivity index is 1.77. The maximum atomic E-state index is 13.1. The number of pyridine rings is 1. The van der Waals surface area contributed by atoms with Crippen molar-refractivity contribution in [3.8, 4) is 0 Å². The van der Waals surface area contributed by atoms with Crippen LogP contribution < -0.4 is 10.7 Å². The normalized spacial score (nSPS) is 11.8. The first kappa shape index (κ1) is 20.1. The van der Waals surface area contributed by atoms with Crippen molar-refractivity contribution >= 4 is 28.6 Å². The van der Waals surface area contributed by atoms with Gasteiger partial charge in [-0.05, 0) is 23.8 Å². The van der Waals surface area contributed by atoms with E-state index < -0.39 is 29.1 Å². The summed E-state index contributed by atoms with van der Waals surface area (Å²) in [4.78, 5) is 37.1. The average Bonchev–Trinajstić information content (AvgIpc) is 2.79. The van der Waals surface area contributed by atoms with Gasteiger partial charge < -0.3 is 15.5 Å². The van der Waals surface area contributed by atoms with Gasteiger partial charge in [0.05, 0.1) is 5.52 Å². The number of aliphatic hydroxyl groups excluding tert-OH is 1. The quantitative estimate of drug-likeness (QED) is 0.470. The molecule has 0 spiro atoms. The Bertz CT molecular complexity index is 1350. The zero-order valence-corrected chi connectivity index (χ0v) is 16.2. The number of fused-ring (bicyclic) bond motifs is 1. The Morgan fingerprint density at radius 2 is 1.52 bits per heavy atom. The largest absolute Gasteiger partial charge is 0.477 e. The molecule has 0 aliphatic carbocycles. The van der Waals surface area contributed by atoms with E-state index in [1.807, 2.05) is 6.07 Å². The number of benzene rings is 3. The van der Waals surface area contributed by atoms with E-state index in [9.17, 15) is 24.6 Å². The lowest BCUT2D eigenvalue weighted by molar-refractivity contribution is 0.0695. The first-order valence-electron chi connectivity index (χ1n) is 9.48. The second-order valence-electron chi connectivity index (χ2n) is 6.89. The molecule has 0 saturated heterocycles. The number of para-hydroxylation sites is 2. The summed E-state index contributed by atoms with van der Waals surface area (Å²) < 4.78 is 1.09. The smallest absolute Gasteiger partial charge is 0.341 e. The lowest BCUT2D eigenvalue weighted by atomic mass is 10.00. The van der Waals surface area contributed by atoms with E-state index in [4.69, 9.17) is 0 Å². The molecule has 154 valence electrons. The number of nitrogens with zero attached hydrogens (tertiary/aromatic N) is 1. The molecule has 1 unspecified atom stereocenters. The molecule has 0 saturated carbocycles. The van der Waals surface area contributed by atoms with Gasteiger partial charge in [0.15, 0.2) is 0 Å². The van der Waals surface area contributed by atoms with Gasteiger partial charge in [0.1, 0.15) is 11.7 Å². The Morgan fingerprint density at radius 3 is 2.26 bits per heavy atom. The van der Waals surface area contributed by atoms with Gasteiger partial charge in [0.2, 0.25) is 5.43 Å². The summed E-state index contributed by atoms with van der Waals surface area (Å²) >= 11 is 0. The number of carbonyl (C=O) groups excluding carboxylic acids is 1. The van der Waals surface area contributed by atoms with Crippen LogP contribution in [0.2, 0.25) is 0 Å². The third-order valence-electron chi connectivity index (χ3n) is 4.97. The van der Waals surface area contributed by atoms with Gasteiger partial charge in [-0.25, -0.2) is 9.59 Å². The predicted octanol–water partition coefficient (Wildman–Crippen LogP) is 3.86. The van der Waals surface area contributed by atoms with Gasteiger partial charge in [-0.3, -0.25) is 9.36 Å². The minimum atomic E-state index is -1.42. The molecule has 1 atom stereocenters. The molecule has 31 heavy (non-hydrogen) atoms. The van der Waals surface area contributed by atoms with Crippen molar-refractivity contribution in [2.24, 2.45) is 0 Å². The van der Waals surface area contributed by atoms with E-state index in [1.165, 1.54) is 6.07 Å². The summed E-state index contributed by atoms with van der Waals surface area (Å²) in [6.07, 6.45) is 0.0384. The third-order valence-corrected chi connectivity index (χ3v) is 4.97. The number of nitrogens with one attached hydrogen (secondary N) is 1. The maximum absolute atomic E-state index is 13.1. The van der Waals surface area contributed by atoms with Crippen LogP contribution in [0.4, 0.5) is 10.5 Å². The molecular weight excluding hydrogens is 396 g/mol. The first-order chi connectivity index (χ1) is 15.0. The Morgan fingerprint density at radius 1 is 0.871 bits per heavy atom. The zero-order chi connectivity index (χ0) is 22.0. The monoisotopic (exact) mass is 414 g/mol. The second kappa shape index (κ2) is 8.25. The Hall–Kier alpha value is -4.23. The zero-order valence-electron chi connectivity index (χ0n) is 16.2. The number of amides is 1. The molecule has 0 fully saturated rings. The van der Waals surface area contributed by atoms with E-state index in [0.717, 1.165) is 10.8 Å². The van der Waals surface area contributed by atoms with Crippen LogP contribution in [0.5, 0.6) is 0 Å². The number of hydrogen-bond donors (Lipinski definition) is 3. The van der Waals surface area contributed by atoms with Gasteiger partial charge in [0, 0.05) is 22.8 Å². The van der Waals surface area contributed by atoms with Crippen LogP contribution in [0.25, 0.3) is 10.9 Å². The fraction of sp³-hybridized carbons (Fsp3) is 0.0417. The van der Waals surface area contributed by atoms with Crippen molar-refractivity contribution in [1.29, 1.82) is 0 Å². The summed E-state index contributed by atoms with van der Waals surface area (Å²) in [6.45, 7) is 0. The number of rotatable bonds is 4. The lowest BCUT2D eigenvalue weighted by Crippen LogP contribution is -2.26. The molecule has 7 heteroatoms. The molecule has 1 aromatic heterocycles. The summed E-state index contributed by atoms with van der Waals surface area (Å²) in [5.41, 5.74) is 0.607. The van der Waals surface area contributed by atoms with Crippen molar-refractivity contribution in [2.45, 2.75) is 6.10 Å². The lowest BCUT2D eigenvalue weighted by Gasteiger charge is -2.18. The number of carbonyl (C=O) groups is 2. The molecule has 0 aliphatic heterocycles. The van der Waals surface area contributed by atoms with Crippen molar-refractivity contribution in [1.82, 2.24) is 4.57 Å². The number of carboxylic acid groups (broad SMARTS) is 1. The predicted molar refractivity (Wildman–Crippen MR) is 117 cm³/mol. The van der Waals surface area contributed by atoms with Crippen LogP contribution in [-0.4, -0.2) is 26.8 Å². The number of anilines is 1. The highest BCUT2D eigenvalue weighted by Crippen LogP contribution is 2.28. The molecule has 1 amide bonds. The van der Waals surface area contributed by atoms with Crippen LogP contribution in [-0.2, 0) is 0 Å². The van der Waals surface area contributed by atoms with Crippen LogP contribution in [0.15, 0.2) is 89.9 Å². The van der Waals surface area contributed by atoms with Crippen LogP contribution in [0.3, 0.4) is 0 Å².